The second kappa shape index (κ2) is 11.1. The maximum atomic E-state index is 13.0. The molecule has 0 spiro atoms. The number of piperazine rings is 1. The van der Waals surface area contributed by atoms with Gasteiger partial charge in [0.15, 0.2) is 0 Å². The average Bonchev–Trinajstić information content (AvgIpc) is 3.39. The number of ketones is 1. The Kier molecular flexibility index (Phi) is 8.47. The Balaban J connectivity index is 1.37. The van der Waals surface area contributed by atoms with Gasteiger partial charge in [0, 0.05) is 74.2 Å². The fraction of sp³-hybridized carbons (Fsp3) is 0.783. The molecule has 3 fully saturated rings. The molecule has 0 radical (unpaired) electrons. The van der Waals surface area contributed by atoms with Crippen molar-refractivity contribution in [3.8, 4) is 0 Å². The standard InChI is InChI=1S/C23H37N5O6S2/c1-4-16(29)9-13(2)18-19-14(3)21(20(23(31)32)28(19)22(18)30)35-17-10-15(25-12-17)11-26-36(33,34)27-7-5-24-6-8-27/h13-15,17-19,24-26H,4-12H2,1-3H3,(H,31,32)/t13-,14+,15-,17-,18+,19+/m0/s1. The summed E-state index contributed by atoms with van der Waals surface area (Å²) in [5.74, 6) is -1.82. The van der Waals surface area contributed by atoms with E-state index in [0.29, 0.717) is 56.9 Å². The average molecular weight is 544 g/mol. The number of carboxylic acid groups (broad SMARTS) is 1. The van der Waals surface area contributed by atoms with Crippen molar-refractivity contribution in [2.75, 3.05) is 39.3 Å². The summed E-state index contributed by atoms with van der Waals surface area (Å²) >= 11 is 1.49. The summed E-state index contributed by atoms with van der Waals surface area (Å²) in [6.07, 6.45) is 1.43. The van der Waals surface area contributed by atoms with Crippen LogP contribution in [0.4, 0.5) is 0 Å². The van der Waals surface area contributed by atoms with Gasteiger partial charge in [0.1, 0.15) is 11.5 Å². The molecule has 202 valence electrons. The second-order valence-electron chi connectivity index (χ2n) is 10.2. The van der Waals surface area contributed by atoms with Crippen LogP contribution in [0.3, 0.4) is 0 Å². The molecule has 0 aromatic carbocycles. The molecule has 1 amide bonds. The maximum absolute atomic E-state index is 13.0. The van der Waals surface area contributed by atoms with E-state index in [-0.39, 0.29) is 59.0 Å². The molecule has 4 N–H and O–H groups in total. The van der Waals surface area contributed by atoms with E-state index in [4.69, 9.17) is 0 Å². The van der Waals surface area contributed by atoms with Crippen LogP contribution in [0.1, 0.15) is 40.0 Å². The summed E-state index contributed by atoms with van der Waals surface area (Å²) < 4.78 is 29.3. The normalized spacial score (nSPS) is 31.9. The van der Waals surface area contributed by atoms with E-state index >= 15 is 0 Å². The molecular weight excluding hydrogens is 506 g/mol. The summed E-state index contributed by atoms with van der Waals surface area (Å²) in [6.45, 7) is 8.71. The van der Waals surface area contributed by atoms with Crippen LogP contribution in [0.15, 0.2) is 10.6 Å². The molecule has 4 heterocycles. The van der Waals surface area contributed by atoms with E-state index in [0.717, 1.165) is 0 Å². The summed E-state index contributed by atoms with van der Waals surface area (Å²) in [5.41, 5.74) is 0.0654. The first kappa shape index (κ1) is 27.5. The number of Topliss-reactive ketones (excluding diaryl/α,β-unsaturated/α-hetero) is 1. The number of amides is 1. The summed E-state index contributed by atoms with van der Waals surface area (Å²) in [6, 6.07) is -0.293. The third-order valence-electron chi connectivity index (χ3n) is 7.75. The SMILES string of the molecule is CCC(=O)C[C@H](C)[C@H]1C(=O)N2C(C(=O)O)=C(S[C@@H]3CN[C@H](CNS(=O)(=O)N4CCNCC4)C3)[C@H](C)[C@H]12. The molecule has 0 aromatic rings. The van der Waals surface area contributed by atoms with E-state index in [1.807, 2.05) is 13.8 Å². The van der Waals surface area contributed by atoms with Crippen LogP contribution in [-0.2, 0) is 24.6 Å². The Morgan fingerprint density at radius 1 is 1.28 bits per heavy atom. The minimum atomic E-state index is -3.54. The molecule has 0 aliphatic carbocycles. The molecule has 11 nitrogen and oxygen atoms in total. The number of β-lactam (4-membered cyclic amide) rings is 1. The topological polar surface area (TPSA) is 148 Å². The molecule has 0 bridgehead atoms. The fourth-order valence-electron chi connectivity index (χ4n) is 5.79. The highest BCUT2D eigenvalue weighted by Gasteiger charge is 2.60. The van der Waals surface area contributed by atoms with Crippen molar-refractivity contribution in [3.05, 3.63) is 10.6 Å². The third kappa shape index (κ3) is 5.37. The van der Waals surface area contributed by atoms with Gasteiger partial charge >= 0.3 is 5.97 Å². The zero-order valence-corrected chi connectivity index (χ0v) is 22.7. The van der Waals surface area contributed by atoms with Crippen LogP contribution < -0.4 is 15.4 Å². The van der Waals surface area contributed by atoms with Gasteiger partial charge in [-0.05, 0) is 12.3 Å². The molecular formula is C23H37N5O6S2. The molecule has 4 aliphatic heterocycles. The smallest absolute Gasteiger partial charge is 0.353 e. The van der Waals surface area contributed by atoms with E-state index in [2.05, 4.69) is 15.4 Å². The molecule has 3 saturated heterocycles. The fourth-order valence-corrected chi connectivity index (χ4v) is 8.56. The van der Waals surface area contributed by atoms with Crippen molar-refractivity contribution in [1.29, 1.82) is 0 Å². The summed E-state index contributed by atoms with van der Waals surface area (Å²) in [4.78, 5) is 39.2. The number of nitrogens with zero attached hydrogens (tertiary/aromatic N) is 2. The van der Waals surface area contributed by atoms with Gasteiger partial charge in [-0.25, -0.2) is 9.52 Å². The molecule has 6 atom stereocenters. The molecule has 4 aliphatic rings. The number of aliphatic carboxylic acids is 1. The number of thioether (sulfide) groups is 1. The molecule has 13 heteroatoms. The zero-order chi connectivity index (χ0) is 26.2. The van der Waals surface area contributed by atoms with Crippen LogP contribution in [0, 0.1) is 17.8 Å². The van der Waals surface area contributed by atoms with Crippen molar-refractivity contribution in [1.82, 2.24) is 24.6 Å². The van der Waals surface area contributed by atoms with Crippen molar-refractivity contribution in [3.63, 3.8) is 0 Å². The Bertz CT molecular complexity index is 1030. The van der Waals surface area contributed by atoms with Gasteiger partial charge in [0.05, 0.1) is 12.0 Å². The van der Waals surface area contributed by atoms with Crippen LogP contribution in [-0.4, -0.2) is 97.0 Å². The first-order valence-electron chi connectivity index (χ1n) is 12.7. The number of carbonyl (C=O) groups is 3. The maximum Gasteiger partial charge on any atom is 0.353 e. The number of hydrogen-bond acceptors (Lipinski definition) is 8. The van der Waals surface area contributed by atoms with E-state index in [1.165, 1.54) is 21.0 Å². The number of fused-ring (bicyclic) bond motifs is 1. The highest BCUT2D eigenvalue weighted by molar-refractivity contribution is 8.03. The van der Waals surface area contributed by atoms with Crippen molar-refractivity contribution in [2.45, 2.75) is 57.4 Å². The quantitative estimate of drug-likeness (QED) is 0.264. The lowest BCUT2D eigenvalue weighted by Crippen LogP contribution is -2.62. The Labute approximate surface area is 217 Å². The Morgan fingerprint density at radius 3 is 2.61 bits per heavy atom. The van der Waals surface area contributed by atoms with Crippen LogP contribution in [0.5, 0.6) is 0 Å². The van der Waals surface area contributed by atoms with Crippen LogP contribution >= 0.6 is 11.8 Å². The van der Waals surface area contributed by atoms with Crippen LogP contribution in [0.25, 0.3) is 0 Å². The highest BCUT2D eigenvalue weighted by atomic mass is 32.2. The van der Waals surface area contributed by atoms with Gasteiger partial charge in [0.2, 0.25) is 5.91 Å². The summed E-state index contributed by atoms with van der Waals surface area (Å²) in [5, 5.41) is 16.5. The van der Waals surface area contributed by atoms with Crippen molar-refractivity contribution >= 4 is 39.6 Å². The molecule has 0 unspecified atom stereocenters. The lowest BCUT2D eigenvalue weighted by Gasteiger charge is -2.47. The highest BCUT2D eigenvalue weighted by Crippen LogP contribution is 2.53. The number of carbonyl (C=O) groups excluding carboxylic acids is 2. The van der Waals surface area contributed by atoms with E-state index in [1.54, 1.807) is 6.92 Å². The first-order chi connectivity index (χ1) is 17.0. The molecule has 36 heavy (non-hydrogen) atoms. The Hall–Kier alpha value is -1.51. The van der Waals surface area contributed by atoms with E-state index < -0.39 is 16.2 Å². The minimum absolute atomic E-state index is 0.0581. The van der Waals surface area contributed by atoms with Gasteiger partial charge in [-0.1, -0.05) is 20.8 Å². The van der Waals surface area contributed by atoms with Gasteiger partial charge in [-0.3, -0.25) is 9.59 Å². The van der Waals surface area contributed by atoms with Gasteiger partial charge in [-0.15, -0.1) is 11.8 Å². The number of carboxylic acids is 1. The number of nitrogens with one attached hydrogen (secondary N) is 3. The number of rotatable bonds is 11. The van der Waals surface area contributed by atoms with Gasteiger partial charge in [-0.2, -0.15) is 12.7 Å². The third-order valence-corrected chi connectivity index (χ3v) is 10.8. The Morgan fingerprint density at radius 2 is 1.97 bits per heavy atom. The first-order valence-corrected chi connectivity index (χ1v) is 15.0. The monoisotopic (exact) mass is 543 g/mol. The van der Waals surface area contributed by atoms with Crippen molar-refractivity contribution < 1.29 is 27.9 Å². The van der Waals surface area contributed by atoms with E-state index in [9.17, 15) is 27.9 Å². The second-order valence-corrected chi connectivity index (χ2v) is 13.3. The molecule has 0 aromatic heterocycles. The number of hydrogen-bond donors (Lipinski definition) is 4. The predicted octanol–water partition coefficient (Wildman–Crippen LogP) is -0.0321. The largest absolute Gasteiger partial charge is 0.477 e. The minimum Gasteiger partial charge on any atom is -0.477 e. The van der Waals surface area contributed by atoms with Gasteiger partial charge < -0.3 is 20.6 Å². The zero-order valence-electron chi connectivity index (χ0n) is 21.0. The predicted molar refractivity (Wildman–Crippen MR) is 136 cm³/mol. The van der Waals surface area contributed by atoms with Crippen molar-refractivity contribution in [2.24, 2.45) is 17.8 Å². The lowest BCUT2D eigenvalue weighted by molar-refractivity contribution is -0.160. The van der Waals surface area contributed by atoms with Gasteiger partial charge in [0.25, 0.3) is 10.2 Å². The molecule has 0 saturated carbocycles. The lowest BCUT2D eigenvalue weighted by atomic mass is 9.73. The summed E-state index contributed by atoms with van der Waals surface area (Å²) in [7, 11) is -3.54. The molecule has 4 rings (SSSR count). The van der Waals surface area contributed by atoms with Crippen LogP contribution in [0.2, 0.25) is 0 Å².